The molecule has 3 aromatic rings. The van der Waals surface area contributed by atoms with Gasteiger partial charge in [-0.05, 0) is 24.1 Å². The van der Waals surface area contributed by atoms with Crippen molar-refractivity contribution in [3.8, 4) is 5.75 Å². The van der Waals surface area contributed by atoms with Crippen molar-refractivity contribution in [2.75, 3.05) is 96.2 Å². The van der Waals surface area contributed by atoms with Gasteiger partial charge in [-0.3, -0.25) is 28.9 Å². The molecule has 0 aliphatic carbocycles. The number of carboxylic acid groups (broad SMARTS) is 2. The SMILES string of the molecule is CCCCCNc1nc(N)nc2ccn(Cc3ccc(CN4CCN(C(=O)CCOCCOCCNC(=O)CCNC(=O)[C@@H](CC(=O)O)SC[C@H](N)C(=O)O)CC4)cc3OC)c12. The number of benzene rings is 1. The highest BCUT2D eigenvalue weighted by Gasteiger charge is 2.25. The van der Waals surface area contributed by atoms with E-state index in [2.05, 4.69) is 60.5 Å². The molecule has 0 unspecified atom stereocenters. The molecule has 4 rings (SSSR count). The van der Waals surface area contributed by atoms with Gasteiger partial charge in [0.1, 0.15) is 17.3 Å². The van der Waals surface area contributed by atoms with Crippen molar-refractivity contribution in [2.24, 2.45) is 5.73 Å². The number of nitrogen functional groups attached to an aromatic ring is 1. The van der Waals surface area contributed by atoms with Crippen LogP contribution >= 0.6 is 11.8 Å². The molecule has 62 heavy (non-hydrogen) atoms. The number of amides is 3. The van der Waals surface area contributed by atoms with Gasteiger partial charge in [-0.1, -0.05) is 31.9 Å². The zero-order valence-electron chi connectivity index (χ0n) is 35.6. The third-order valence-electron chi connectivity index (χ3n) is 10.0. The summed E-state index contributed by atoms with van der Waals surface area (Å²) < 4.78 is 19.0. The first-order valence-corrected chi connectivity index (χ1v) is 22.0. The molecule has 0 spiro atoms. The Morgan fingerprint density at radius 1 is 0.903 bits per heavy atom. The van der Waals surface area contributed by atoms with Crippen LogP contribution in [0, 0.1) is 0 Å². The fraction of sp³-hybridized carbons (Fsp3) is 0.585. The van der Waals surface area contributed by atoms with Crippen LogP contribution in [0.5, 0.6) is 5.75 Å². The lowest BCUT2D eigenvalue weighted by Crippen LogP contribution is -2.48. The molecule has 1 aliphatic rings. The Kier molecular flexibility index (Phi) is 21.0. The van der Waals surface area contributed by atoms with E-state index in [0.717, 1.165) is 90.9 Å². The number of nitrogens with two attached hydrogens (primary N) is 2. The molecular weight excluding hydrogens is 825 g/mol. The number of aliphatic carboxylic acids is 2. The average Bonchev–Trinajstić information content (AvgIpc) is 3.65. The van der Waals surface area contributed by atoms with Crippen molar-refractivity contribution in [1.82, 2.24) is 35.0 Å². The van der Waals surface area contributed by atoms with E-state index in [1.54, 1.807) is 7.11 Å². The minimum atomic E-state index is -1.26. The zero-order valence-corrected chi connectivity index (χ0v) is 36.5. The summed E-state index contributed by atoms with van der Waals surface area (Å²) in [6.07, 6.45) is 5.03. The highest BCUT2D eigenvalue weighted by molar-refractivity contribution is 8.00. The highest BCUT2D eigenvalue weighted by Crippen LogP contribution is 2.28. The first-order valence-electron chi connectivity index (χ1n) is 20.9. The van der Waals surface area contributed by atoms with Crippen LogP contribution in [0.4, 0.5) is 11.8 Å². The van der Waals surface area contributed by atoms with Gasteiger partial charge in [0.2, 0.25) is 23.7 Å². The van der Waals surface area contributed by atoms with Crippen LogP contribution in [0.25, 0.3) is 11.0 Å². The standard InChI is InChI=1S/C41H62N10O10S/c1-3-4-5-11-45-38-37-31(47-41(43)48-38)9-14-51(37)26-29-7-6-28(23-32(29)59-2)25-49-15-17-50(18-16-49)35(53)10-19-60-21-22-61-20-13-44-34(52)8-12-46-39(56)33(24-36(54)55)62-27-30(42)40(57)58/h6-7,9,14,23,30,33H,3-5,8,10-13,15-22,24-27,42H2,1-2H3,(H,44,52)(H,46,56)(H,54,55)(H,57,58)(H3,43,45,47,48)/t30-,33+/m0/s1. The van der Waals surface area contributed by atoms with Crippen molar-refractivity contribution in [1.29, 1.82) is 0 Å². The fourth-order valence-electron chi connectivity index (χ4n) is 6.66. The lowest BCUT2D eigenvalue weighted by molar-refractivity contribution is -0.138. The summed E-state index contributed by atoms with van der Waals surface area (Å²) in [6.45, 7) is 8.34. The summed E-state index contributed by atoms with van der Waals surface area (Å²) in [7, 11) is 1.68. The first-order chi connectivity index (χ1) is 29.9. The molecule has 0 bridgehead atoms. The molecule has 0 saturated carbocycles. The van der Waals surface area contributed by atoms with Crippen LogP contribution in [0.1, 0.15) is 56.6 Å². The van der Waals surface area contributed by atoms with E-state index in [4.69, 9.17) is 35.9 Å². The second-order valence-electron chi connectivity index (χ2n) is 14.8. The van der Waals surface area contributed by atoms with Gasteiger partial charge in [0.05, 0.1) is 63.7 Å². The lowest BCUT2D eigenvalue weighted by Gasteiger charge is -2.35. The summed E-state index contributed by atoms with van der Waals surface area (Å²) >= 11 is 0.836. The van der Waals surface area contributed by atoms with Crippen LogP contribution in [0.15, 0.2) is 30.5 Å². The molecule has 1 aliphatic heterocycles. The molecule has 1 aromatic carbocycles. The number of anilines is 2. The molecule has 3 amide bonds. The molecule has 9 N–H and O–H groups in total. The number of rotatable bonds is 29. The van der Waals surface area contributed by atoms with Gasteiger partial charge in [-0.2, -0.15) is 4.98 Å². The second-order valence-corrected chi connectivity index (χ2v) is 16.0. The predicted molar refractivity (Wildman–Crippen MR) is 235 cm³/mol. The zero-order chi connectivity index (χ0) is 44.9. The summed E-state index contributed by atoms with van der Waals surface area (Å²) in [5.74, 6) is -1.76. The van der Waals surface area contributed by atoms with E-state index in [9.17, 15) is 24.0 Å². The monoisotopic (exact) mass is 886 g/mol. The largest absolute Gasteiger partial charge is 0.496 e. The Bertz CT molecular complexity index is 1930. The average molecular weight is 887 g/mol. The second kappa shape index (κ2) is 26.3. The Balaban J connectivity index is 1.07. The van der Waals surface area contributed by atoms with Gasteiger partial charge in [0, 0.05) is 76.3 Å². The van der Waals surface area contributed by atoms with E-state index in [-0.39, 0.29) is 69.3 Å². The van der Waals surface area contributed by atoms with Gasteiger partial charge in [-0.15, -0.1) is 11.8 Å². The highest BCUT2D eigenvalue weighted by atomic mass is 32.2. The molecule has 3 heterocycles. The Morgan fingerprint density at radius 2 is 1.66 bits per heavy atom. The van der Waals surface area contributed by atoms with Gasteiger partial charge >= 0.3 is 11.9 Å². The van der Waals surface area contributed by atoms with E-state index >= 15 is 0 Å². The van der Waals surface area contributed by atoms with Crippen molar-refractivity contribution in [3.63, 3.8) is 0 Å². The van der Waals surface area contributed by atoms with Gasteiger partial charge in [0.25, 0.3) is 0 Å². The first kappa shape index (κ1) is 49.4. The summed E-state index contributed by atoms with van der Waals surface area (Å²) in [4.78, 5) is 72.5. The van der Waals surface area contributed by atoms with Crippen molar-refractivity contribution < 1.29 is 48.4 Å². The van der Waals surface area contributed by atoms with Crippen molar-refractivity contribution in [3.05, 3.63) is 41.6 Å². The van der Waals surface area contributed by atoms with Crippen molar-refractivity contribution >= 4 is 64.2 Å². The molecule has 2 aromatic heterocycles. The van der Waals surface area contributed by atoms with Gasteiger partial charge in [0.15, 0.2) is 5.82 Å². The maximum absolute atomic E-state index is 12.9. The normalized spacial score (nSPS) is 14.0. The summed E-state index contributed by atoms with van der Waals surface area (Å²) in [5, 5.41) is 25.5. The number of methoxy groups -OCH3 is 1. The van der Waals surface area contributed by atoms with E-state index in [1.165, 1.54) is 0 Å². The molecule has 342 valence electrons. The number of carboxylic acids is 2. The molecule has 21 heteroatoms. The number of hydrogen-bond acceptors (Lipinski definition) is 15. The number of hydrogen-bond donors (Lipinski definition) is 7. The van der Waals surface area contributed by atoms with Crippen LogP contribution in [-0.2, 0) is 46.5 Å². The molecular formula is C41H62N10O10S. The van der Waals surface area contributed by atoms with Crippen molar-refractivity contribution in [2.45, 2.75) is 69.8 Å². The number of carbonyl (C=O) groups excluding carboxylic acids is 3. The number of piperazine rings is 1. The number of nitrogens with one attached hydrogen (secondary N) is 3. The van der Waals surface area contributed by atoms with Gasteiger partial charge < -0.3 is 61.3 Å². The summed E-state index contributed by atoms with van der Waals surface area (Å²) in [5.41, 5.74) is 15.3. The predicted octanol–water partition coefficient (Wildman–Crippen LogP) is 1.35. The quantitative estimate of drug-likeness (QED) is 0.0485. The minimum absolute atomic E-state index is 0.0268. The molecule has 1 fully saturated rings. The number of fused-ring (bicyclic) bond motifs is 1. The number of unbranched alkanes of at least 4 members (excludes halogenated alkanes) is 2. The maximum atomic E-state index is 12.9. The third-order valence-corrected chi connectivity index (χ3v) is 11.4. The van der Waals surface area contributed by atoms with Crippen LogP contribution < -0.4 is 32.2 Å². The van der Waals surface area contributed by atoms with E-state index < -0.39 is 35.6 Å². The molecule has 1 saturated heterocycles. The molecule has 2 atom stereocenters. The lowest BCUT2D eigenvalue weighted by atomic mass is 10.1. The smallest absolute Gasteiger partial charge is 0.321 e. The Labute approximate surface area is 365 Å². The molecule has 20 nitrogen and oxygen atoms in total. The van der Waals surface area contributed by atoms with E-state index in [1.807, 2.05) is 17.2 Å². The fourth-order valence-corrected chi connectivity index (χ4v) is 7.73. The van der Waals surface area contributed by atoms with Gasteiger partial charge in [-0.25, -0.2) is 4.98 Å². The minimum Gasteiger partial charge on any atom is -0.496 e. The molecule has 0 radical (unpaired) electrons. The number of ether oxygens (including phenoxy) is 3. The topological polar surface area (TPSA) is 279 Å². The number of nitrogens with zero attached hydrogens (tertiary/aromatic N) is 5. The van der Waals surface area contributed by atoms with Crippen LogP contribution in [0.3, 0.4) is 0 Å². The Hall–Kier alpha value is -5.22. The third kappa shape index (κ3) is 16.6. The maximum Gasteiger partial charge on any atom is 0.321 e. The number of aromatic nitrogens is 3. The van der Waals surface area contributed by atoms with Crippen LogP contribution in [0.2, 0.25) is 0 Å². The van der Waals surface area contributed by atoms with Crippen LogP contribution in [-0.4, -0.2) is 161 Å². The summed E-state index contributed by atoms with van der Waals surface area (Å²) in [6, 6.07) is 7.02. The number of thioether (sulfide) groups is 1. The number of carbonyl (C=O) groups is 5. The van der Waals surface area contributed by atoms with E-state index in [0.29, 0.717) is 26.2 Å². The Morgan fingerprint density at radius 3 is 2.37 bits per heavy atom.